The predicted octanol–water partition coefficient (Wildman–Crippen LogP) is 2.73. The quantitative estimate of drug-likeness (QED) is 0.873. The second-order valence-electron chi connectivity index (χ2n) is 5.79. The van der Waals surface area contributed by atoms with Gasteiger partial charge in [-0.2, -0.15) is 0 Å². The van der Waals surface area contributed by atoms with E-state index in [0.717, 1.165) is 35.7 Å². The SMILES string of the molecule is O=C(Cc1csc(-c2ccco2)n1)N1CCO[C@H]2CCC[C@H]21. The van der Waals surface area contributed by atoms with Crippen LogP contribution < -0.4 is 0 Å². The smallest absolute Gasteiger partial charge is 0.229 e. The number of rotatable bonds is 3. The molecule has 2 aromatic heterocycles. The van der Waals surface area contributed by atoms with Crippen molar-refractivity contribution in [3.05, 3.63) is 29.5 Å². The average Bonchev–Trinajstić information content (AvgIpc) is 3.27. The highest BCUT2D eigenvalue weighted by Gasteiger charge is 2.38. The molecule has 2 atom stereocenters. The second-order valence-corrected chi connectivity index (χ2v) is 6.65. The molecule has 1 amide bonds. The molecule has 0 aromatic carbocycles. The third-order valence-electron chi connectivity index (χ3n) is 4.42. The summed E-state index contributed by atoms with van der Waals surface area (Å²) in [6.45, 7) is 1.36. The van der Waals surface area contributed by atoms with Gasteiger partial charge in [0, 0.05) is 11.9 Å². The first-order chi connectivity index (χ1) is 10.8. The number of fused-ring (bicyclic) bond motifs is 1. The minimum absolute atomic E-state index is 0.163. The standard InChI is InChI=1S/C16H18N2O3S/c19-15(18-6-8-21-13-4-1-3-12(13)18)9-11-10-22-16(17-11)14-5-2-7-20-14/h2,5,7,10,12-13H,1,3-4,6,8-9H2/t12-,13+/m1/s1. The van der Waals surface area contributed by atoms with Gasteiger partial charge in [0.15, 0.2) is 10.8 Å². The van der Waals surface area contributed by atoms with Crippen LogP contribution in [-0.4, -0.2) is 41.1 Å². The van der Waals surface area contributed by atoms with Gasteiger partial charge in [0.05, 0.1) is 37.1 Å². The summed E-state index contributed by atoms with van der Waals surface area (Å²) in [6.07, 6.45) is 5.53. The number of ether oxygens (including phenoxy) is 1. The molecule has 1 aliphatic heterocycles. The van der Waals surface area contributed by atoms with Crippen molar-refractivity contribution in [2.75, 3.05) is 13.2 Å². The zero-order valence-corrected chi connectivity index (χ0v) is 13.1. The first-order valence-corrected chi connectivity index (χ1v) is 8.58. The third-order valence-corrected chi connectivity index (χ3v) is 5.32. The number of hydrogen-bond donors (Lipinski definition) is 0. The highest BCUT2D eigenvalue weighted by molar-refractivity contribution is 7.13. The number of amides is 1. The van der Waals surface area contributed by atoms with Crippen molar-refractivity contribution in [1.82, 2.24) is 9.88 Å². The summed E-state index contributed by atoms with van der Waals surface area (Å²) in [7, 11) is 0. The van der Waals surface area contributed by atoms with Crippen molar-refractivity contribution >= 4 is 17.2 Å². The Bertz CT molecular complexity index is 652. The van der Waals surface area contributed by atoms with E-state index >= 15 is 0 Å². The van der Waals surface area contributed by atoms with Gasteiger partial charge < -0.3 is 14.1 Å². The van der Waals surface area contributed by atoms with Crippen molar-refractivity contribution < 1.29 is 13.9 Å². The van der Waals surface area contributed by atoms with Gasteiger partial charge in [-0.25, -0.2) is 4.98 Å². The van der Waals surface area contributed by atoms with Crippen LogP contribution in [0.1, 0.15) is 25.0 Å². The number of aromatic nitrogens is 1. The van der Waals surface area contributed by atoms with Crippen LogP contribution in [0, 0.1) is 0 Å². The molecule has 22 heavy (non-hydrogen) atoms. The topological polar surface area (TPSA) is 55.6 Å². The van der Waals surface area contributed by atoms with Crippen LogP contribution >= 0.6 is 11.3 Å². The molecule has 2 aliphatic rings. The molecule has 5 nitrogen and oxygen atoms in total. The average molecular weight is 318 g/mol. The molecular formula is C16H18N2O3S. The lowest BCUT2D eigenvalue weighted by molar-refractivity contribution is -0.143. The van der Waals surface area contributed by atoms with Crippen LogP contribution in [0.5, 0.6) is 0 Å². The molecule has 0 unspecified atom stereocenters. The monoisotopic (exact) mass is 318 g/mol. The molecule has 116 valence electrons. The van der Waals surface area contributed by atoms with Crippen molar-refractivity contribution in [1.29, 1.82) is 0 Å². The number of morpholine rings is 1. The van der Waals surface area contributed by atoms with E-state index in [9.17, 15) is 4.79 Å². The van der Waals surface area contributed by atoms with Crippen LogP contribution in [-0.2, 0) is 16.0 Å². The Labute approximate surface area is 132 Å². The maximum atomic E-state index is 12.6. The largest absolute Gasteiger partial charge is 0.462 e. The first kappa shape index (κ1) is 14.0. The third kappa shape index (κ3) is 2.57. The van der Waals surface area contributed by atoms with Crippen LogP contribution in [0.4, 0.5) is 0 Å². The molecule has 0 bridgehead atoms. The van der Waals surface area contributed by atoms with E-state index in [2.05, 4.69) is 4.98 Å². The summed E-state index contributed by atoms with van der Waals surface area (Å²) in [5.74, 6) is 0.919. The van der Waals surface area contributed by atoms with Crippen molar-refractivity contribution in [3.63, 3.8) is 0 Å². The van der Waals surface area contributed by atoms with Crippen LogP contribution in [0.2, 0.25) is 0 Å². The number of nitrogens with zero attached hydrogens (tertiary/aromatic N) is 2. The zero-order valence-electron chi connectivity index (χ0n) is 12.2. The lowest BCUT2D eigenvalue weighted by Crippen LogP contribution is -2.51. The minimum Gasteiger partial charge on any atom is -0.462 e. The normalized spacial score (nSPS) is 24.5. The fraction of sp³-hybridized carbons (Fsp3) is 0.500. The fourth-order valence-corrected chi connectivity index (χ4v) is 4.18. The molecule has 6 heteroatoms. The molecule has 3 heterocycles. The Hall–Kier alpha value is -1.66. The number of hydrogen-bond acceptors (Lipinski definition) is 5. The van der Waals surface area contributed by atoms with Gasteiger partial charge >= 0.3 is 0 Å². The lowest BCUT2D eigenvalue weighted by Gasteiger charge is -2.37. The van der Waals surface area contributed by atoms with Gasteiger partial charge in [-0.3, -0.25) is 4.79 Å². The van der Waals surface area contributed by atoms with Crippen LogP contribution in [0.3, 0.4) is 0 Å². The predicted molar refractivity (Wildman–Crippen MR) is 82.6 cm³/mol. The summed E-state index contributed by atoms with van der Waals surface area (Å²) >= 11 is 1.52. The van der Waals surface area contributed by atoms with Gasteiger partial charge in [0.2, 0.25) is 5.91 Å². The Kier molecular flexibility index (Phi) is 3.72. The van der Waals surface area contributed by atoms with E-state index in [1.807, 2.05) is 22.4 Å². The molecule has 4 rings (SSSR count). The Morgan fingerprint density at radius 2 is 2.41 bits per heavy atom. The van der Waals surface area contributed by atoms with Crippen LogP contribution in [0.25, 0.3) is 10.8 Å². The van der Waals surface area contributed by atoms with E-state index in [-0.39, 0.29) is 18.1 Å². The molecule has 1 saturated heterocycles. The Morgan fingerprint density at radius 3 is 3.27 bits per heavy atom. The fourth-order valence-electron chi connectivity index (χ4n) is 3.39. The molecule has 2 fully saturated rings. The van der Waals surface area contributed by atoms with Gasteiger partial charge in [0.1, 0.15) is 0 Å². The second kappa shape index (κ2) is 5.85. The lowest BCUT2D eigenvalue weighted by atomic mass is 10.1. The van der Waals surface area contributed by atoms with E-state index in [4.69, 9.17) is 9.15 Å². The molecule has 0 spiro atoms. The van der Waals surface area contributed by atoms with E-state index in [1.54, 1.807) is 6.26 Å². The Morgan fingerprint density at radius 1 is 1.45 bits per heavy atom. The number of carbonyl (C=O) groups excluding carboxylic acids is 1. The molecule has 1 saturated carbocycles. The zero-order chi connectivity index (χ0) is 14.9. The number of carbonyl (C=O) groups is 1. The summed E-state index contributed by atoms with van der Waals surface area (Å²) in [4.78, 5) is 19.1. The van der Waals surface area contributed by atoms with Gasteiger partial charge in [-0.05, 0) is 31.4 Å². The van der Waals surface area contributed by atoms with Crippen LogP contribution in [0.15, 0.2) is 28.2 Å². The maximum absolute atomic E-state index is 12.6. The molecule has 0 N–H and O–H groups in total. The maximum Gasteiger partial charge on any atom is 0.229 e. The summed E-state index contributed by atoms with van der Waals surface area (Å²) in [5.41, 5.74) is 0.822. The van der Waals surface area contributed by atoms with E-state index in [1.165, 1.54) is 11.3 Å². The van der Waals surface area contributed by atoms with Crippen molar-refractivity contribution in [3.8, 4) is 10.8 Å². The molecule has 0 radical (unpaired) electrons. The summed E-state index contributed by atoms with van der Waals surface area (Å²) in [6, 6.07) is 4.00. The molecule has 1 aliphatic carbocycles. The molecule has 2 aromatic rings. The van der Waals surface area contributed by atoms with Gasteiger partial charge in [-0.1, -0.05) is 0 Å². The van der Waals surface area contributed by atoms with Crippen molar-refractivity contribution in [2.24, 2.45) is 0 Å². The minimum atomic E-state index is 0.163. The number of thiazole rings is 1. The van der Waals surface area contributed by atoms with Gasteiger partial charge in [0.25, 0.3) is 0 Å². The Balaban J connectivity index is 1.45. The van der Waals surface area contributed by atoms with E-state index in [0.29, 0.717) is 19.6 Å². The summed E-state index contributed by atoms with van der Waals surface area (Å²) in [5, 5.41) is 2.77. The van der Waals surface area contributed by atoms with Gasteiger partial charge in [-0.15, -0.1) is 11.3 Å². The first-order valence-electron chi connectivity index (χ1n) is 7.70. The summed E-state index contributed by atoms with van der Waals surface area (Å²) < 4.78 is 11.1. The van der Waals surface area contributed by atoms with E-state index < -0.39 is 0 Å². The highest BCUT2D eigenvalue weighted by atomic mass is 32.1. The number of furan rings is 1. The molecular weight excluding hydrogens is 300 g/mol. The van der Waals surface area contributed by atoms with Crippen molar-refractivity contribution in [2.45, 2.75) is 37.8 Å². The highest BCUT2D eigenvalue weighted by Crippen LogP contribution is 2.30.